The van der Waals surface area contributed by atoms with E-state index >= 15 is 0 Å². The predicted molar refractivity (Wildman–Crippen MR) is 144 cm³/mol. The van der Waals surface area contributed by atoms with Crippen LogP contribution in [0.3, 0.4) is 0 Å². The van der Waals surface area contributed by atoms with Crippen molar-refractivity contribution >= 4 is 23.8 Å². The summed E-state index contributed by atoms with van der Waals surface area (Å²) in [6.07, 6.45) is -1.75. The van der Waals surface area contributed by atoms with Gasteiger partial charge in [-0.1, -0.05) is 57.7 Å². The largest absolute Gasteiger partial charge is 0.459 e. The Labute approximate surface area is 229 Å². The first kappa shape index (κ1) is 28.9. The van der Waals surface area contributed by atoms with E-state index in [1.807, 2.05) is 30.3 Å². The van der Waals surface area contributed by atoms with Crippen LogP contribution in [-0.4, -0.2) is 63.1 Å². The smallest absolute Gasteiger partial charge is 0.331 e. The van der Waals surface area contributed by atoms with Crippen molar-refractivity contribution in [3.63, 3.8) is 0 Å². The summed E-state index contributed by atoms with van der Waals surface area (Å²) in [6.45, 7) is 12.1. The van der Waals surface area contributed by atoms with Crippen molar-refractivity contribution in [2.24, 2.45) is 16.7 Å². The minimum atomic E-state index is -1.96. The summed E-state index contributed by atoms with van der Waals surface area (Å²) in [6, 6.07) is 9.26. The topological polar surface area (TPSA) is 130 Å². The molecule has 0 aliphatic heterocycles. The van der Waals surface area contributed by atoms with E-state index < -0.39 is 64.5 Å². The van der Waals surface area contributed by atoms with E-state index in [1.165, 1.54) is 13.0 Å². The van der Waals surface area contributed by atoms with Crippen molar-refractivity contribution in [3.05, 3.63) is 65.3 Å². The second-order valence-electron chi connectivity index (χ2n) is 11.9. The van der Waals surface area contributed by atoms with Gasteiger partial charge in [-0.15, -0.1) is 0 Å². The number of aliphatic hydroxyl groups excluding tert-OH is 2. The summed E-state index contributed by atoms with van der Waals surface area (Å²) in [5, 5.41) is 35.7. The molecule has 0 aromatic heterocycles. The third-order valence-electron chi connectivity index (χ3n) is 9.28. The molecule has 3 N–H and O–H groups in total. The number of ketones is 1. The van der Waals surface area contributed by atoms with E-state index in [2.05, 4.69) is 6.58 Å². The molecular formula is C31H38O8. The van der Waals surface area contributed by atoms with E-state index in [0.717, 1.165) is 5.56 Å². The van der Waals surface area contributed by atoms with Gasteiger partial charge in [-0.25, -0.2) is 4.79 Å². The molecule has 8 heteroatoms. The minimum Gasteiger partial charge on any atom is -0.459 e. The summed E-state index contributed by atoms with van der Waals surface area (Å²) >= 11 is 0. The first-order chi connectivity index (χ1) is 18.1. The molecule has 39 heavy (non-hydrogen) atoms. The van der Waals surface area contributed by atoms with Crippen LogP contribution in [0.1, 0.15) is 59.4 Å². The standard InChI is InChI=1S/C31H38O8/c1-17-21(33)16-31(37)27(36)25-18(2)22(39-23(34)13-12-20-10-8-7-9-11-20)14-15-30(25,6)28(38-19(3)32)26(35)24(17)29(31,4)5/h7-13,22,25-28,35-37H,2,14-16H2,1,3-6H3. The van der Waals surface area contributed by atoms with Crippen LogP contribution in [0.25, 0.3) is 6.08 Å². The van der Waals surface area contributed by atoms with Crippen molar-refractivity contribution in [2.45, 2.75) is 83.9 Å². The lowest BCUT2D eigenvalue weighted by molar-refractivity contribution is -0.222. The number of benzene rings is 1. The molecule has 210 valence electrons. The first-order valence-electron chi connectivity index (χ1n) is 13.3. The molecule has 0 amide bonds. The molecule has 0 radical (unpaired) electrons. The number of hydrogen-bond acceptors (Lipinski definition) is 8. The molecule has 3 aliphatic carbocycles. The highest BCUT2D eigenvalue weighted by Crippen LogP contribution is 2.60. The third kappa shape index (κ3) is 4.68. The fourth-order valence-electron chi connectivity index (χ4n) is 7.01. The Morgan fingerprint density at radius 1 is 1.10 bits per heavy atom. The Hall–Kier alpha value is -3.07. The molecule has 2 fully saturated rings. The monoisotopic (exact) mass is 538 g/mol. The minimum absolute atomic E-state index is 0.247. The van der Waals surface area contributed by atoms with E-state index in [-0.39, 0.29) is 24.0 Å². The highest BCUT2D eigenvalue weighted by molar-refractivity contribution is 5.98. The molecule has 0 spiro atoms. The average Bonchev–Trinajstić information content (AvgIpc) is 2.86. The van der Waals surface area contributed by atoms with Gasteiger partial charge in [-0.2, -0.15) is 0 Å². The van der Waals surface area contributed by atoms with Gasteiger partial charge in [-0.3, -0.25) is 9.59 Å². The van der Waals surface area contributed by atoms with Gasteiger partial charge >= 0.3 is 11.9 Å². The zero-order valence-corrected chi connectivity index (χ0v) is 23.1. The Balaban J connectivity index is 1.76. The van der Waals surface area contributed by atoms with Crippen molar-refractivity contribution < 1.29 is 39.2 Å². The Morgan fingerprint density at radius 2 is 1.74 bits per heavy atom. The number of carbonyl (C=O) groups is 3. The fourth-order valence-corrected chi connectivity index (χ4v) is 7.01. The average molecular weight is 539 g/mol. The second-order valence-corrected chi connectivity index (χ2v) is 11.9. The maximum Gasteiger partial charge on any atom is 0.331 e. The maximum atomic E-state index is 13.1. The van der Waals surface area contributed by atoms with Gasteiger partial charge in [0.15, 0.2) is 5.78 Å². The molecule has 2 bridgehead atoms. The van der Waals surface area contributed by atoms with E-state index in [9.17, 15) is 29.7 Å². The van der Waals surface area contributed by atoms with Gasteiger partial charge in [0.1, 0.15) is 23.9 Å². The Bertz CT molecular complexity index is 1240. The Kier molecular flexibility index (Phi) is 7.53. The van der Waals surface area contributed by atoms with Crippen LogP contribution >= 0.6 is 0 Å². The van der Waals surface area contributed by atoms with E-state index in [4.69, 9.17) is 9.47 Å². The molecule has 1 aromatic carbocycles. The van der Waals surface area contributed by atoms with Crippen LogP contribution in [0.15, 0.2) is 59.7 Å². The van der Waals surface area contributed by atoms with Crippen LogP contribution in [0.4, 0.5) is 0 Å². The molecular weight excluding hydrogens is 500 g/mol. The van der Waals surface area contributed by atoms with Gasteiger partial charge in [0, 0.05) is 36.2 Å². The van der Waals surface area contributed by atoms with Crippen molar-refractivity contribution in [1.82, 2.24) is 0 Å². The van der Waals surface area contributed by atoms with Crippen molar-refractivity contribution in [3.8, 4) is 0 Å². The fraction of sp³-hybridized carbons (Fsp3) is 0.516. The SMILES string of the molecule is C=C1C(OC(=O)C=Cc2ccccc2)CCC2(C)C(OC(C)=O)C(O)C3=C(C)C(=O)CC(O)(C(O)C12)C3(C)C. The lowest BCUT2D eigenvalue weighted by Crippen LogP contribution is -2.69. The number of esters is 2. The van der Waals surface area contributed by atoms with E-state index in [1.54, 1.807) is 33.8 Å². The number of carbonyl (C=O) groups excluding carboxylic acids is 3. The van der Waals surface area contributed by atoms with Gasteiger partial charge in [0.2, 0.25) is 0 Å². The molecule has 4 rings (SSSR count). The number of ether oxygens (including phenoxy) is 2. The number of Topliss-reactive ketones (excluding diaryl/α,β-unsaturated/α-hetero) is 1. The molecule has 2 saturated carbocycles. The van der Waals surface area contributed by atoms with Crippen molar-refractivity contribution in [1.29, 1.82) is 0 Å². The summed E-state index contributed by atoms with van der Waals surface area (Å²) in [7, 11) is 0. The molecule has 8 nitrogen and oxygen atoms in total. The third-order valence-corrected chi connectivity index (χ3v) is 9.28. The van der Waals surface area contributed by atoms with Crippen LogP contribution < -0.4 is 0 Å². The molecule has 7 unspecified atom stereocenters. The van der Waals surface area contributed by atoms with Crippen LogP contribution in [-0.2, 0) is 23.9 Å². The highest BCUT2D eigenvalue weighted by atomic mass is 16.6. The predicted octanol–water partition coefficient (Wildman–Crippen LogP) is 3.30. The molecule has 0 heterocycles. The summed E-state index contributed by atoms with van der Waals surface area (Å²) < 4.78 is 11.5. The van der Waals surface area contributed by atoms with E-state index in [0.29, 0.717) is 12.0 Å². The normalized spacial score (nSPS) is 36.2. The maximum absolute atomic E-state index is 13.1. The summed E-state index contributed by atoms with van der Waals surface area (Å²) in [5.74, 6) is -2.62. The number of aliphatic hydroxyl groups is 3. The number of hydrogen-bond donors (Lipinski definition) is 3. The van der Waals surface area contributed by atoms with Crippen LogP contribution in [0.2, 0.25) is 0 Å². The molecule has 7 atom stereocenters. The summed E-state index contributed by atoms with van der Waals surface area (Å²) in [4.78, 5) is 38.0. The van der Waals surface area contributed by atoms with Crippen LogP contribution in [0.5, 0.6) is 0 Å². The first-order valence-corrected chi connectivity index (χ1v) is 13.3. The highest BCUT2D eigenvalue weighted by Gasteiger charge is 2.67. The van der Waals surface area contributed by atoms with Crippen LogP contribution in [0, 0.1) is 16.7 Å². The zero-order chi connectivity index (χ0) is 28.9. The quantitative estimate of drug-likeness (QED) is 0.303. The molecule has 0 saturated heterocycles. The van der Waals surface area contributed by atoms with Crippen molar-refractivity contribution in [2.75, 3.05) is 0 Å². The second kappa shape index (κ2) is 10.2. The lowest BCUT2D eigenvalue weighted by Gasteiger charge is -2.61. The number of allylic oxidation sites excluding steroid dienone is 1. The summed E-state index contributed by atoms with van der Waals surface area (Å²) in [5.41, 5.74) is -2.63. The molecule has 1 aromatic rings. The van der Waals surface area contributed by atoms with Gasteiger partial charge in [0.25, 0.3) is 0 Å². The Morgan fingerprint density at radius 3 is 2.36 bits per heavy atom. The van der Waals surface area contributed by atoms with Gasteiger partial charge in [0.05, 0.1) is 6.10 Å². The lowest BCUT2D eigenvalue weighted by atomic mass is 9.48. The zero-order valence-electron chi connectivity index (χ0n) is 23.1. The number of fused-ring (bicyclic) bond motifs is 3. The van der Waals surface area contributed by atoms with Gasteiger partial charge < -0.3 is 24.8 Å². The number of rotatable bonds is 4. The molecule has 3 aliphatic rings. The van der Waals surface area contributed by atoms with Gasteiger partial charge in [-0.05, 0) is 48.1 Å².